The van der Waals surface area contributed by atoms with Gasteiger partial charge in [-0.25, -0.2) is 0 Å². The first kappa shape index (κ1) is 13.8. The first-order valence-corrected chi connectivity index (χ1v) is 7.78. The van der Waals surface area contributed by atoms with Crippen LogP contribution < -0.4 is 5.32 Å². The van der Waals surface area contributed by atoms with Gasteiger partial charge in [-0.05, 0) is 23.8 Å². The molecule has 3 aromatic rings. The number of hydrogen-bond acceptors (Lipinski definition) is 2. The van der Waals surface area contributed by atoms with Crippen LogP contribution in [0.3, 0.4) is 0 Å². The van der Waals surface area contributed by atoms with E-state index in [1.165, 1.54) is 5.56 Å². The largest absolute Gasteiger partial charge is 0.352 e. The Bertz CT molecular complexity index is 838. The molecule has 1 aliphatic heterocycles. The number of aromatic nitrogens is 2. The number of fused-ring (bicyclic) bond motifs is 1. The highest BCUT2D eigenvalue weighted by atomic mass is 16.1. The van der Waals surface area contributed by atoms with E-state index >= 15 is 0 Å². The third kappa shape index (κ3) is 2.52. The Kier molecular flexibility index (Phi) is 3.42. The number of pyridine rings is 1. The smallest absolute Gasteiger partial charge is 0.253 e. The van der Waals surface area contributed by atoms with Crippen LogP contribution in [0.5, 0.6) is 0 Å². The summed E-state index contributed by atoms with van der Waals surface area (Å²) in [5.41, 5.74) is 5.28. The van der Waals surface area contributed by atoms with Crippen LogP contribution in [-0.4, -0.2) is 22.0 Å². The summed E-state index contributed by atoms with van der Waals surface area (Å²) in [5.74, 6) is 0.0216. The molecule has 1 aliphatic rings. The molecule has 2 aromatic heterocycles. The van der Waals surface area contributed by atoms with Gasteiger partial charge in [-0.3, -0.25) is 9.78 Å². The maximum absolute atomic E-state index is 12.2. The fourth-order valence-electron chi connectivity index (χ4n) is 3.15. The molecule has 4 nitrogen and oxygen atoms in total. The number of rotatable bonds is 3. The van der Waals surface area contributed by atoms with E-state index in [2.05, 4.69) is 27.0 Å². The summed E-state index contributed by atoms with van der Waals surface area (Å²) in [5, 5.41) is 2.93. The van der Waals surface area contributed by atoms with Crippen molar-refractivity contribution in [2.75, 3.05) is 6.54 Å². The van der Waals surface area contributed by atoms with Crippen LogP contribution >= 0.6 is 0 Å². The molecule has 0 bridgehead atoms. The van der Waals surface area contributed by atoms with Crippen LogP contribution in [0.2, 0.25) is 0 Å². The Balaban J connectivity index is 1.86. The molecule has 0 fully saturated rings. The summed E-state index contributed by atoms with van der Waals surface area (Å²) in [7, 11) is 0. The minimum Gasteiger partial charge on any atom is -0.352 e. The number of benzene rings is 1. The Morgan fingerprint density at radius 2 is 1.87 bits per heavy atom. The van der Waals surface area contributed by atoms with Crippen LogP contribution in [0.25, 0.3) is 11.3 Å². The maximum atomic E-state index is 12.2. The third-order valence-electron chi connectivity index (χ3n) is 4.26. The molecule has 114 valence electrons. The van der Waals surface area contributed by atoms with Crippen molar-refractivity contribution in [3.05, 3.63) is 77.7 Å². The van der Waals surface area contributed by atoms with Gasteiger partial charge < -0.3 is 9.88 Å². The summed E-state index contributed by atoms with van der Waals surface area (Å²) >= 11 is 0. The quantitative estimate of drug-likeness (QED) is 0.809. The van der Waals surface area contributed by atoms with E-state index in [0.717, 1.165) is 35.5 Å². The standard InChI is InChI=1S/C19H17N3O/c23-19-16-12-18(15-6-9-20-10-7-15)22(17(16)8-11-21-19)13-14-4-2-1-3-5-14/h1-7,9-10,12H,8,11,13H2,(H,21,23). The summed E-state index contributed by atoms with van der Waals surface area (Å²) in [6, 6.07) is 16.3. The van der Waals surface area contributed by atoms with E-state index in [9.17, 15) is 4.79 Å². The minimum absolute atomic E-state index is 0.0216. The van der Waals surface area contributed by atoms with Gasteiger partial charge in [0.05, 0.1) is 5.56 Å². The monoisotopic (exact) mass is 303 g/mol. The number of nitrogens with one attached hydrogen (secondary N) is 1. The lowest BCUT2D eigenvalue weighted by Gasteiger charge is -2.18. The van der Waals surface area contributed by atoms with E-state index in [0.29, 0.717) is 6.54 Å². The van der Waals surface area contributed by atoms with Crippen LogP contribution in [0.15, 0.2) is 60.9 Å². The molecule has 1 amide bonds. The SMILES string of the molecule is O=C1NCCc2c1cc(-c1ccncc1)n2Cc1ccccc1. The first-order valence-electron chi connectivity index (χ1n) is 7.78. The summed E-state index contributed by atoms with van der Waals surface area (Å²) in [6.07, 6.45) is 4.43. The molecule has 0 spiro atoms. The van der Waals surface area contributed by atoms with Gasteiger partial charge in [0.1, 0.15) is 0 Å². The molecule has 23 heavy (non-hydrogen) atoms. The Morgan fingerprint density at radius 3 is 2.65 bits per heavy atom. The molecule has 0 radical (unpaired) electrons. The first-order chi connectivity index (χ1) is 11.3. The predicted molar refractivity (Wildman–Crippen MR) is 89.2 cm³/mol. The fraction of sp³-hybridized carbons (Fsp3) is 0.158. The molecule has 0 unspecified atom stereocenters. The zero-order chi connectivity index (χ0) is 15.6. The molecule has 0 aliphatic carbocycles. The average molecular weight is 303 g/mol. The van der Waals surface area contributed by atoms with Crippen molar-refractivity contribution >= 4 is 5.91 Å². The van der Waals surface area contributed by atoms with E-state index in [-0.39, 0.29) is 5.91 Å². The van der Waals surface area contributed by atoms with Crippen LogP contribution in [-0.2, 0) is 13.0 Å². The Labute approximate surface area is 134 Å². The molecule has 0 atom stereocenters. The normalized spacial score (nSPS) is 13.5. The second-order valence-corrected chi connectivity index (χ2v) is 5.70. The number of carbonyl (C=O) groups excluding carboxylic acids is 1. The number of amides is 1. The zero-order valence-electron chi connectivity index (χ0n) is 12.7. The molecule has 4 heteroatoms. The molecular formula is C19H17N3O. The van der Waals surface area contributed by atoms with Gasteiger partial charge >= 0.3 is 0 Å². The topological polar surface area (TPSA) is 46.9 Å². The van der Waals surface area contributed by atoms with E-state index in [1.807, 2.05) is 36.4 Å². The van der Waals surface area contributed by atoms with Crippen molar-refractivity contribution in [3.63, 3.8) is 0 Å². The molecule has 1 aromatic carbocycles. The van der Waals surface area contributed by atoms with Crippen LogP contribution in [0.4, 0.5) is 0 Å². The third-order valence-corrected chi connectivity index (χ3v) is 4.26. The van der Waals surface area contributed by atoms with Gasteiger partial charge in [-0.1, -0.05) is 30.3 Å². The molecule has 4 rings (SSSR count). The summed E-state index contributed by atoms with van der Waals surface area (Å²) in [4.78, 5) is 16.3. The number of hydrogen-bond donors (Lipinski definition) is 1. The molecule has 0 saturated heterocycles. The molecular weight excluding hydrogens is 286 g/mol. The number of nitrogens with zero attached hydrogens (tertiary/aromatic N) is 2. The Hall–Kier alpha value is -2.88. The lowest BCUT2D eigenvalue weighted by atomic mass is 10.1. The van der Waals surface area contributed by atoms with E-state index < -0.39 is 0 Å². The van der Waals surface area contributed by atoms with E-state index in [1.54, 1.807) is 12.4 Å². The highest BCUT2D eigenvalue weighted by Crippen LogP contribution is 2.28. The van der Waals surface area contributed by atoms with Gasteiger partial charge in [-0.15, -0.1) is 0 Å². The van der Waals surface area contributed by atoms with Crippen molar-refractivity contribution in [1.29, 1.82) is 0 Å². The fourth-order valence-corrected chi connectivity index (χ4v) is 3.15. The maximum Gasteiger partial charge on any atom is 0.253 e. The van der Waals surface area contributed by atoms with Gasteiger partial charge in [0.25, 0.3) is 5.91 Å². The second-order valence-electron chi connectivity index (χ2n) is 5.70. The van der Waals surface area contributed by atoms with Crippen molar-refractivity contribution in [1.82, 2.24) is 14.9 Å². The van der Waals surface area contributed by atoms with E-state index in [4.69, 9.17) is 0 Å². The highest BCUT2D eigenvalue weighted by molar-refractivity contribution is 5.98. The van der Waals surface area contributed by atoms with Gasteiger partial charge in [0, 0.05) is 48.9 Å². The molecule has 1 N–H and O–H groups in total. The van der Waals surface area contributed by atoms with Crippen molar-refractivity contribution in [2.45, 2.75) is 13.0 Å². The predicted octanol–water partition coefficient (Wildman–Crippen LogP) is 2.88. The second kappa shape index (κ2) is 5.72. The molecule has 3 heterocycles. The Morgan fingerprint density at radius 1 is 1.09 bits per heavy atom. The minimum atomic E-state index is 0.0216. The number of carbonyl (C=O) groups is 1. The lowest BCUT2D eigenvalue weighted by Crippen LogP contribution is -2.32. The molecule has 0 saturated carbocycles. The van der Waals surface area contributed by atoms with Gasteiger partial charge in [0.2, 0.25) is 0 Å². The highest BCUT2D eigenvalue weighted by Gasteiger charge is 2.24. The zero-order valence-corrected chi connectivity index (χ0v) is 12.7. The van der Waals surface area contributed by atoms with Crippen molar-refractivity contribution in [3.8, 4) is 11.3 Å². The van der Waals surface area contributed by atoms with Gasteiger partial charge in [0.15, 0.2) is 0 Å². The van der Waals surface area contributed by atoms with Crippen molar-refractivity contribution in [2.24, 2.45) is 0 Å². The van der Waals surface area contributed by atoms with Gasteiger partial charge in [-0.2, -0.15) is 0 Å². The van der Waals surface area contributed by atoms with Crippen LogP contribution in [0, 0.1) is 0 Å². The van der Waals surface area contributed by atoms with Crippen molar-refractivity contribution < 1.29 is 4.79 Å². The lowest BCUT2D eigenvalue weighted by molar-refractivity contribution is 0.0945. The summed E-state index contributed by atoms with van der Waals surface area (Å²) < 4.78 is 2.26. The average Bonchev–Trinajstić information content (AvgIpc) is 2.97. The van der Waals surface area contributed by atoms with Crippen LogP contribution in [0.1, 0.15) is 21.6 Å². The summed E-state index contributed by atoms with van der Waals surface area (Å²) in [6.45, 7) is 1.46.